The zero-order valence-corrected chi connectivity index (χ0v) is 14.5. The standard InChI is InChI=1S/C16H22N4O2S/c1-11(2)16(21)20-8-6-19(7-9-20)12(3)14-17-18-15(22-14)13-5-4-10-23-13/h4-5,10-12H,6-9H2,1-3H3/t12-/m1/s1. The van der Waals surface area contributed by atoms with Gasteiger partial charge in [-0.3, -0.25) is 9.69 Å². The van der Waals surface area contributed by atoms with E-state index in [9.17, 15) is 4.79 Å². The molecular weight excluding hydrogens is 312 g/mol. The lowest BCUT2D eigenvalue weighted by molar-refractivity contribution is -0.136. The maximum Gasteiger partial charge on any atom is 0.257 e. The molecule has 124 valence electrons. The quantitative estimate of drug-likeness (QED) is 0.860. The van der Waals surface area contributed by atoms with Crippen LogP contribution in [0.1, 0.15) is 32.7 Å². The first-order valence-corrected chi connectivity index (χ1v) is 8.84. The molecule has 3 heterocycles. The average molecular weight is 334 g/mol. The summed E-state index contributed by atoms with van der Waals surface area (Å²) in [5.74, 6) is 1.51. The number of rotatable bonds is 4. The summed E-state index contributed by atoms with van der Waals surface area (Å²) in [5.41, 5.74) is 0. The van der Waals surface area contributed by atoms with Gasteiger partial charge in [-0.05, 0) is 18.4 Å². The molecule has 1 atom stereocenters. The van der Waals surface area contributed by atoms with Gasteiger partial charge in [-0.25, -0.2) is 0 Å². The first-order valence-electron chi connectivity index (χ1n) is 7.96. The number of aromatic nitrogens is 2. The SMILES string of the molecule is CC(C)C(=O)N1CCN([C@H](C)c2nnc(-c3cccs3)o2)CC1. The molecule has 0 spiro atoms. The van der Waals surface area contributed by atoms with Gasteiger partial charge in [0, 0.05) is 32.1 Å². The molecule has 1 saturated heterocycles. The number of carbonyl (C=O) groups excluding carboxylic acids is 1. The van der Waals surface area contributed by atoms with Crippen molar-refractivity contribution in [2.24, 2.45) is 5.92 Å². The van der Waals surface area contributed by atoms with Gasteiger partial charge in [0.25, 0.3) is 5.89 Å². The van der Waals surface area contributed by atoms with Gasteiger partial charge in [-0.15, -0.1) is 21.5 Å². The molecule has 7 heteroatoms. The highest BCUT2D eigenvalue weighted by Crippen LogP contribution is 2.27. The number of piperazine rings is 1. The Morgan fingerprint density at radius 2 is 1.96 bits per heavy atom. The van der Waals surface area contributed by atoms with Crippen LogP contribution in [-0.2, 0) is 4.79 Å². The van der Waals surface area contributed by atoms with E-state index >= 15 is 0 Å². The largest absolute Gasteiger partial charge is 0.418 e. The third-order valence-corrected chi connectivity index (χ3v) is 5.06. The highest BCUT2D eigenvalue weighted by atomic mass is 32.1. The van der Waals surface area contributed by atoms with Crippen LogP contribution in [0.3, 0.4) is 0 Å². The minimum Gasteiger partial charge on any atom is -0.418 e. The molecule has 1 aliphatic rings. The van der Waals surface area contributed by atoms with E-state index in [2.05, 4.69) is 22.0 Å². The zero-order chi connectivity index (χ0) is 16.4. The number of thiophene rings is 1. The van der Waals surface area contributed by atoms with E-state index in [-0.39, 0.29) is 17.9 Å². The number of amides is 1. The van der Waals surface area contributed by atoms with Crippen molar-refractivity contribution in [1.82, 2.24) is 20.0 Å². The van der Waals surface area contributed by atoms with Crippen LogP contribution in [0.4, 0.5) is 0 Å². The molecule has 0 radical (unpaired) electrons. The summed E-state index contributed by atoms with van der Waals surface area (Å²) < 4.78 is 5.82. The molecule has 2 aromatic rings. The molecule has 0 saturated carbocycles. The lowest BCUT2D eigenvalue weighted by Crippen LogP contribution is -2.50. The highest BCUT2D eigenvalue weighted by Gasteiger charge is 2.28. The van der Waals surface area contributed by atoms with Crippen LogP contribution in [0.5, 0.6) is 0 Å². The average Bonchev–Trinajstić information content (AvgIpc) is 3.24. The summed E-state index contributed by atoms with van der Waals surface area (Å²) in [5, 5.41) is 10.3. The van der Waals surface area contributed by atoms with Gasteiger partial charge < -0.3 is 9.32 Å². The van der Waals surface area contributed by atoms with E-state index in [1.54, 1.807) is 11.3 Å². The molecule has 0 aliphatic carbocycles. The predicted octanol–water partition coefficient (Wildman–Crippen LogP) is 2.66. The molecule has 0 bridgehead atoms. The monoisotopic (exact) mass is 334 g/mol. The van der Waals surface area contributed by atoms with Crippen molar-refractivity contribution < 1.29 is 9.21 Å². The van der Waals surface area contributed by atoms with Crippen LogP contribution in [0.25, 0.3) is 10.8 Å². The molecule has 1 amide bonds. The first-order chi connectivity index (χ1) is 11.1. The van der Waals surface area contributed by atoms with E-state index in [1.807, 2.05) is 36.3 Å². The van der Waals surface area contributed by atoms with Gasteiger partial charge in [0.15, 0.2) is 0 Å². The zero-order valence-electron chi connectivity index (χ0n) is 13.7. The van der Waals surface area contributed by atoms with E-state index in [4.69, 9.17) is 4.42 Å². The number of hydrogen-bond donors (Lipinski definition) is 0. The maximum absolute atomic E-state index is 12.0. The Labute approximate surface area is 140 Å². The maximum atomic E-state index is 12.0. The topological polar surface area (TPSA) is 62.5 Å². The Bertz CT molecular complexity index is 645. The van der Waals surface area contributed by atoms with Crippen molar-refractivity contribution in [3.63, 3.8) is 0 Å². The number of carbonyl (C=O) groups is 1. The Morgan fingerprint density at radius 1 is 1.22 bits per heavy atom. The minimum atomic E-state index is 0.0586. The summed E-state index contributed by atoms with van der Waals surface area (Å²) in [4.78, 5) is 17.3. The lowest BCUT2D eigenvalue weighted by Gasteiger charge is -2.37. The normalized spacial score (nSPS) is 17.7. The second-order valence-electron chi connectivity index (χ2n) is 6.11. The summed E-state index contributed by atoms with van der Waals surface area (Å²) in [7, 11) is 0. The van der Waals surface area contributed by atoms with Crippen molar-refractivity contribution in [2.45, 2.75) is 26.8 Å². The van der Waals surface area contributed by atoms with Crippen LogP contribution in [0, 0.1) is 5.92 Å². The van der Waals surface area contributed by atoms with Crippen molar-refractivity contribution in [3.8, 4) is 10.8 Å². The lowest BCUT2D eigenvalue weighted by atomic mass is 10.1. The van der Waals surface area contributed by atoms with Crippen molar-refractivity contribution in [2.75, 3.05) is 26.2 Å². The van der Waals surface area contributed by atoms with Gasteiger partial charge >= 0.3 is 0 Å². The van der Waals surface area contributed by atoms with Crippen molar-refractivity contribution >= 4 is 17.2 Å². The Hall–Kier alpha value is -1.73. The van der Waals surface area contributed by atoms with E-state index in [0.29, 0.717) is 11.8 Å². The fraction of sp³-hybridized carbons (Fsp3) is 0.562. The Kier molecular flexibility index (Phi) is 4.77. The Balaban J connectivity index is 1.61. The summed E-state index contributed by atoms with van der Waals surface area (Å²) in [6.07, 6.45) is 0. The first kappa shape index (κ1) is 16.1. The summed E-state index contributed by atoms with van der Waals surface area (Å²) in [6, 6.07) is 4.01. The van der Waals surface area contributed by atoms with E-state index < -0.39 is 0 Å². The van der Waals surface area contributed by atoms with Gasteiger partial charge in [-0.2, -0.15) is 0 Å². The number of hydrogen-bond acceptors (Lipinski definition) is 6. The molecular formula is C16H22N4O2S. The van der Waals surface area contributed by atoms with Crippen LogP contribution in [0.15, 0.2) is 21.9 Å². The van der Waals surface area contributed by atoms with Crippen LogP contribution < -0.4 is 0 Å². The molecule has 0 N–H and O–H groups in total. The molecule has 1 aliphatic heterocycles. The van der Waals surface area contributed by atoms with Gasteiger partial charge in [0.05, 0.1) is 10.9 Å². The van der Waals surface area contributed by atoms with Crippen LogP contribution >= 0.6 is 11.3 Å². The second kappa shape index (κ2) is 6.80. The fourth-order valence-electron chi connectivity index (χ4n) is 2.75. The number of nitrogens with zero attached hydrogens (tertiary/aromatic N) is 4. The molecule has 3 rings (SSSR count). The van der Waals surface area contributed by atoms with E-state index in [0.717, 1.165) is 31.1 Å². The fourth-order valence-corrected chi connectivity index (χ4v) is 3.40. The van der Waals surface area contributed by atoms with Crippen LogP contribution in [0.2, 0.25) is 0 Å². The van der Waals surface area contributed by atoms with Crippen LogP contribution in [-0.4, -0.2) is 52.1 Å². The predicted molar refractivity (Wildman–Crippen MR) is 89.0 cm³/mol. The molecule has 23 heavy (non-hydrogen) atoms. The second-order valence-corrected chi connectivity index (χ2v) is 7.06. The minimum absolute atomic E-state index is 0.0586. The van der Waals surface area contributed by atoms with Crippen molar-refractivity contribution in [1.29, 1.82) is 0 Å². The van der Waals surface area contributed by atoms with Gasteiger partial charge in [-0.1, -0.05) is 19.9 Å². The van der Waals surface area contributed by atoms with Crippen molar-refractivity contribution in [3.05, 3.63) is 23.4 Å². The van der Waals surface area contributed by atoms with E-state index in [1.165, 1.54) is 0 Å². The third kappa shape index (κ3) is 3.45. The van der Waals surface area contributed by atoms with Gasteiger partial charge in [0.1, 0.15) is 0 Å². The molecule has 6 nitrogen and oxygen atoms in total. The van der Waals surface area contributed by atoms with Gasteiger partial charge in [0.2, 0.25) is 11.8 Å². The Morgan fingerprint density at radius 3 is 2.57 bits per heavy atom. The molecule has 0 aromatic carbocycles. The summed E-state index contributed by atoms with van der Waals surface area (Å²) in [6.45, 7) is 9.14. The summed E-state index contributed by atoms with van der Waals surface area (Å²) >= 11 is 1.59. The molecule has 1 fully saturated rings. The highest BCUT2D eigenvalue weighted by molar-refractivity contribution is 7.13. The third-order valence-electron chi connectivity index (χ3n) is 4.20. The smallest absolute Gasteiger partial charge is 0.257 e. The molecule has 2 aromatic heterocycles. The molecule has 0 unspecified atom stereocenters.